The molecule has 0 amide bonds. The Hall–Kier alpha value is 0.0169. The van der Waals surface area contributed by atoms with E-state index in [1.165, 1.54) is 0 Å². The Bertz CT molecular complexity index is 202. The van der Waals surface area contributed by atoms with Gasteiger partial charge in [0, 0.05) is 39.5 Å². The molecule has 0 aliphatic heterocycles. The molecular formula is C13H30O5Si. The van der Waals surface area contributed by atoms with Crippen molar-refractivity contribution in [2.45, 2.75) is 53.4 Å². The number of ether oxygens (including phenoxy) is 2. The van der Waals surface area contributed by atoms with E-state index < -0.39 is 14.2 Å². The summed E-state index contributed by atoms with van der Waals surface area (Å²) in [4.78, 5) is 0. The van der Waals surface area contributed by atoms with Crippen LogP contribution in [-0.4, -0.2) is 47.2 Å². The maximum atomic E-state index is 5.92. The zero-order chi connectivity index (χ0) is 14.8. The molecule has 0 aromatic carbocycles. The van der Waals surface area contributed by atoms with Gasteiger partial charge < -0.3 is 22.8 Å². The summed E-state index contributed by atoms with van der Waals surface area (Å²) in [5, 5.41) is 0. The van der Waals surface area contributed by atoms with Gasteiger partial charge in [-0.2, -0.15) is 0 Å². The summed E-state index contributed by atoms with van der Waals surface area (Å²) in [7, 11) is -3.06. The van der Waals surface area contributed by atoms with E-state index in [9.17, 15) is 0 Å². The summed E-state index contributed by atoms with van der Waals surface area (Å²) in [5.74, 6) is 0. The first-order chi connectivity index (χ1) is 9.11. The molecule has 0 aliphatic rings. The lowest BCUT2D eigenvalue weighted by atomic mass is 10.4. The second kappa shape index (κ2) is 9.85. The molecule has 0 heterocycles. The Labute approximate surface area is 118 Å². The van der Waals surface area contributed by atoms with Crippen LogP contribution < -0.4 is 0 Å². The highest BCUT2D eigenvalue weighted by Gasteiger charge is 2.63. The van der Waals surface area contributed by atoms with Gasteiger partial charge in [-0.3, -0.25) is 0 Å². The number of rotatable bonds is 12. The summed E-state index contributed by atoms with van der Waals surface area (Å²) < 4.78 is 29.6. The van der Waals surface area contributed by atoms with Gasteiger partial charge >= 0.3 is 8.80 Å². The van der Waals surface area contributed by atoms with Crippen LogP contribution in [0.5, 0.6) is 0 Å². The van der Waals surface area contributed by atoms with E-state index in [1.807, 2.05) is 41.5 Å². The number of hydrogen-bond acceptors (Lipinski definition) is 5. The van der Waals surface area contributed by atoms with Crippen LogP contribution in [0.4, 0.5) is 0 Å². The van der Waals surface area contributed by atoms with Crippen molar-refractivity contribution in [2.24, 2.45) is 0 Å². The van der Waals surface area contributed by atoms with Crippen LogP contribution in [0.25, 0.3) is 0 Å². The molecule has 0 saturated heterocycles. The Kier molecular flexibility index (Phi) is 9.86. The van der Waals surface area contributed by atoms with Crippen LogP contribution in [0.15, 0.2) is 0 Å². The third-order valence-corrected chi connectivity index (χ3v) is 6.27. The molecule has 0 aliphatic carbocycles. The molecule has 6 heteroatoms. The first-order valence-corrected chi connectivity index (χ1v) is 9.03. The fourth-order valence-corrected chi connectivity index (χ4v) is 5.26. The SMILES string of the molecule is CCOC(CC)(OCC)[Si](OCC)(OCC)OCC. The second-order valence-corrected chi connectivity index (χ2v) is 6.57. The highest BCUT2D eigenvalue weighted by atomic mass is 28.4. The zero-order valence-corrected chi connectivity index (χ0v) is 14.3. The van der Waals surface area contributed by atoms with Crippen LogP contribution in [0.2, 0.25) is 0 Å². The smallest absolute Gasteiger partial charge is 0.371 e. The van der Waals surface area contributed by atoms with Crippen molar-refractivity contribution in [3.63, 3.8) is 0 Å². The van der Waals surface area contributed by atoms with Crippen molar-refractivity contribution >= 4 is 8.80 Å². The maximum absolute atomic E-state index is 5.92. The van der Waals surface area contributed by atoms with Gasteiger partial charge in [0.1, 0.15) is 0 Å². The maximum Gasteiger partial charge on any atom is 0.563 e. The van der Waals surface area contributed by atoms with E-state index >= 15 is 0 Å². The summed E-state index contributed by atoms with van der Waals surface area (Å²) in [6, 6.07) is 0. The molecule has 0 aromatic heterocycles. The van der Waals surface area contributed by atoms with Crippen molar-refractivity contribution in [3.8, 4) is 0 Å². The molecular weight excluding hydrogens is 264 g/mol. The predicted octanol–water partition coefficient (Wildman–Crippen LogP) is 2.75. The Morgan fingerprint density at radius 2 is 1.00 bits per heavy atom. The highest BCUT2D eigenvalue weighted by molar-refractivity contribution is 6.63. The topological polar surface area (TPSA) is 46.2 Å². The largest absolute Gasteiger partial charge is 0.563 e. The summed E-state index contributed by atoms with van der Waals surface area (Å²) in [5.41, 5.74) is -0.918. The van der Waals surface area contributed by atoms with Crippen molar-refractivity contribution < 1.29 is 22.8 Å². The average Bonchev–Trinajstić information content (AvgIpc) is 2.39. The molecule has 0 spiro atoms. The van der Waals surface area contributed by atoms with E-state index in [1.54, 1.807) is 0 Å². The first kappa shape index (κ1) is 19.0. The van der Waals surface area contributed by atoms with Gasteiger partial charge in [-0.1, -0.05) is 6.92 Å². The monoisotopic (exact) mass is 294 g/mol. The Balaban J connectivity index is 5.50. The number of hydrogen-bond donors (Lipinski definition) is 0. The molecule has 0 unspecified atom stereocenters. The normalized spacial score (nSPS) is 12.9. The molecule has 0 fully saturated rings. The van der Waals surface area contributed by atoms with Crippen LogP contribution in [0.3, 0.4) is 0 Å². The van der Waals surface area contributed by atoms with Gasteiger partial charge in [0.2, 0.25) is 5.41 Å². The van der Waals surface area contributed by atoms with E-state index in [0.717, 1.165) is 0 Å². The molecule has 0 bridgehead atoms. The van der Waals surface area contributed by atoms with Gasteiger partial charge in [0.25, 0.3) is 0 Å². The van der Waals surface area contributed by atoms with E-state index in [0.29, 0.717) is 39.5 Å². The lowest BCUT2D eigenvalue weighted by Crippen LogP contribution is -2.67. The predicted molar refractivity (Wildman–Crippen MR) is 76.9 cm³/mol. The van der Waals surface area contributed by atoms with Gasteiger partial charge in [-0.15, -0.1) is 0 Å². The van der Waals surface area contributed by atoms with Crippen molar-refractivity contribution in [1.29, 1.82) is 0 Å². The Morgan fingerprint density at radius 1 is 0.632 bits per heavy atom. The van der Waals surface area contributed by atoms with E-state index in [2.05, 4.69) is 0 Å². The standard InChI is InChI=1S/C13H30O5Si/c1-7-13(14-8-2,15-9-3)19(16-10-4,17-11-5)18-12-6/h7-12H2,1-6H3. The summed E-state index contributed by atoms with van der Waals surface area (Å²) in [6.07, 6.45) is 0.626. The van der Waals surface area contributed by atoms with Gasteiger partial charge in [-0.25, -0.2) is 0 Å². The van der Waals surface area contributed by atoms with E-state index in [4.69, 9.17) is 22.8 Å². The molecule has 0 atom stereocenters. The lowest BCUT2D eigenvalue weighted by molar-refractivity contribution is -0.222. The molecule has 5 nitrogen and oxygen atoms in total. The van der Waals surface area contributed by atoms with E-state index in [-0.39, 0.29) is 0 Å². The minimum atomic E-state index is -3.06. The highest BCUT2D eigenvalue weighted by Crippen LogP contribution is 2.33. The zero-order valence-electron chi connectivity index (χ0n) is 13.3. The second-order valence-electron chi connectivity index (χ2n) is 3.83. The molecule has 19 heavy (non-hydrogen) atoms. The fraction of sp³-hybridized carbons (Fsp3) is 1.00. The third-order valence-electron chi connectivity index (χ3n) is 2.69. The van der Waals surface area contributed by atoms with Crippen molar-refractivity contribution in [1.82, 2.24) is 0 Å². The molecule has 0 saturated carbocycles. The summed E-state index contributed by atoms with van der Waals surface area (Å²) >= 11 is 0. The van der Waals surface area contributed by atoms with Crippen molar-refractivity contribution in [3.05, 3.63) is 0 Å². The van der Waals surface area contributed by atoms with Gasteiger partial charge in [0.05, 0.1) is 0 Å². The van der Waals surface area contributed by atoms with Crippen LogP contribution >= 0.6 is 0 Å². The van der Waals surface area contributed by atoms with Crippen molar-refractivity contribution in [2.75, 3.05) is 33.0 Å². The quantitative estimate of drug-likeness (QED) is 0.409. The fourth-order valence-electron chi connectivity index (χ4n) is 2.13. The average molecular weight is 294 g/mol. The minimum absolute atomic E-state index is 0.508. The molecule has 116 valence electrons. The first-order valence-electron chi connectivity index (χ1n) is 7.31. The molecule has 0 radical (unpaired) electrons. The lowest BCUT2D eigenvalue weighted by Gasteiger charge is -2.43. The third kappa shape index (κ3) is 4.51. The van der Waals surface area contributed by atoms with Crippen LogP contribution in [0.1, 0.15) is 48.0 Å². The molecule has 0 rings (SSSR count). The summed E-state index contributed by atoms with van der Waals surface area (Å²) in [6.45, 7) is 14.2. The van der Waals surface area contributed by atoms with Crippen LogP contribution in [-0.2, 0) is 22.8 Å². The van der Waals surface area contributed by atoms with Gasteiger partial charge in [0.15, 0.2) is 0 Å². The molecule has 0 aromatic rings. The minimum Gasteiger partial charge on any atom is -0.371 e. The van der Waals surface area contributed by atoms with Crippen LogP contribution in [0, 0.1) is 0 Å². The molecule has 0 N–H and O–H groups in total. The Morgan fingerprint density at radius 3 is 1.21 bits per heavy atom. The van der Waals surface area contributed by atoms with Gasteiger partial charge in [-0.05, 0) is 34.6 Å².